The molecule has 0 N–H and O–H groups in total. The fourth-order valence-corrected chi connectivity index (χ4v) is 3.05. The van der Waals surface area contributed by atoms with Crippen molar-refractivity contribution >= 4 is 28.8 Å². The molecule has 2 rings (SSSR count). The lowest BCUT2D eigenvalue weighted by atomic mass is 10.2. The number of hydrogen-bond donors (Lipinski definition) is 0. The molecular weight excluding hydrogens is 244 g/mol. The van der Waals surface area contributed by atoms with Crippen molar-refractivity contribution in [3.05, 3.63) is 16.1 Å². The molecule has 0 bridgehead atoms. The molecule has 1 fully saturated rings. The third-order valence-electron chi connectivity index (χ3n) is 2.72. The Bertz CT molecular complexity index is 393. The summed E-state index contributed by atoms with van der Waals surface area (Å²) in [6.45, 7) is 5.50. The summed E-state index contributed by atoms with van der Waals surface area (Å²) in [5, 5.41) is 3.13. The summed E-state index contributed by atoms with van der Waals surface area (Å²) < 4.78 is 0. The van der Waals surface area contributed by atoms with Crippen molar-refractivity contribution < 1.29 is 4.79 Å². The predicted molar refractivity (Wildman–Crippen MR) is 66.1 cm³/mol. The summed E-state index contributed by atoms with van der Waals surface area (Å²) in [4.78, 5) is 17.9. The summed E-state index contributed by atoms with van der Waals surface area (Å²) in [6.07, 6.45) is 0.477. The van der Waals surface area contributed by atoms with E-state index in [1.165, 1.54) is 0 Å². The molecule has 1 aliphatic rings. The number of aromatic nitrogens is 1. The lowest BCUT2D eigenvalue weighted by Gasteiger charge is -2.19. The standard InChI is InChI=1S/C11H15ClN2OS/c1-7(11-13-8(2)6-16-11)4-14-5-9(12)3-10(14)15/h6-7,9H,3-5H2,1-2H3. The Kier molecular flexibility index (Phi) is 3.50. The maximum Gasteiger partial charge on any atom is 0.224 e. The summed E-state index contributed by atoms with van der Waals surface area (Å²) in [7, 11) is 0. The second-order valence-corrected chi connectivity index (χ2v) is 5.84. The van der Waals surface area contributed by atoms with Crippen LogP contribution in [0.4, 0.5) is 0 Å². The SMILES string of the molecule is Cc1csc(C(C)CN2CC(Cl)CC2=O)n1. The van der Waals surface area contributed by atoms with E-state index in [1.807, 2.05) is 17.2 Å². The molecule has 16 heavy (non-hydrogen) atoms. The number of carbonyl (C=O) groups excluding carboxylic acids is 1. The number of likely N-dealkylation sites (tertiary alicyclic amines) is 1. The number of halogens is 1. The average molecular weight is 259 g/mol. The molecule has 2 atom stereocenters. The van der Waals surface area contributed by atoms with Crippen LogP contribution in [0.25, 0.3) is 0 Å². The van der Waals surface area contributed by atoms with Crippen LogP contribution in [0.5, 0.6) is 0 Å². The molecule has 2 heterocycles. The van der Waals surface area contributed by atoms with Gasteiger partial charge in [0, 0.05) is 36.5 Å². The van der Waals surface area contributed by atoms with E-state index in [0.29, 0.717) is 18.9 Å². The first-order valence-electron chi connectivity index (χ1n) is 5.40. The van der Waals surface area contributed by atoms with Crippen LogP contribution in [0, 0.1) is 6.92 Å². The van der Waals surface area contributed by atoms with Crippen LogP contribution in [0.3, 0.4) is 0 Å². The maximum absolute atomic E-state index is 11.6. The minimum atomic E-state index is -0.0160. The van der Waals surface area contributed by atoms with Gasteiger partial charge in [-0.25, -0.2) is 4.98 Å². The Morgan fingerprint density at radius 2 is 2.50 bits per heavy atom. The first-order valence-corrected chi connectivity index (χ1v) is 6.71. The van der Waals surface area contributed by atoms with Crippen LogP contribution >= 0.6 is 22.9 Å². The summed E-state index contributed by atoms with van der Waals surface area (Å²) in [6, 6.07) is 0. The van der Waals surface area contributed by atoms with Crippen molar-refractivity contribution in [2.75, 3.05) is 13.1 Å². The van der Waals surface area contributed by atoms with E-state index in [4.69, 9.17) is 11.6 Å². The van der Waals surface area contributed by atoms with Crippen LogP contribution < -0.4 is 0 Å². The van der Waals surface area contributed by atoms with Crippen molar-refractivity contribution in [2.45, 2.75) is 31.6 Å². The molecule has 2 unspecified atom stereocenters. The predicted octanol–water partition coefficient (Wildman–Crippen LogP) is 2.39. The topological polar surface area (TPSA) is 33.2 Å². The first kappa shape index (κ1) is 11.9. The van der Waals surface area contributed by atoms with Gasteiger partial charge in [-0.3, -0.25) is 4.79 Å². The van der Waals surface area contributed by atoms with Crippen LogP contribution in [0.2, 0.25) is 0 Å². The highest BCUT2D eigenvalue weighted by atomic mass is 35.5. The van der Waals surface area contributed by atoms with Crippen LogP contribution in [0.1, 0.15) is 30.0 Å². The second-order valence-electron chi connectivity index (χ2n) is 4.33. The maximum atomic E-state index is 11.6. The van der Waals surface area contributed by atoms with E-state index in [9.17, 15) is 4.79 Å². The number of carbonyl (C=O) groups is 1. The van der Waals surface area contributed by atoms with Gasteiger partial charge in [0.05, 0.1) is 10.4 Å². The van der Waals surface area contributed by atoms with E-state index in [2.05, 4.69) is 11.9 Å². The molecule has 0 aromatic carbocycles. The van der Waals surface area contributed by atoms with Gasteiger partial charge in [-0.15, -0.1) is 22.9 Å². The Hall–Kier alpha value is -0.610. The van der Waals surface area contributed by atoms with Gasteiger partial charge in [-0.05, 0) is 6.92 Å². The first-order chi connectivity index (χ1) is 7.56. The quantitative estimate of drug-likeness (QED) is 0.780. The van der Waals surface area contributed by atoms with Crippen LogP contribution in [-0.2, 0) is 4.79 Å². The number of nitrogens with zero attached hydrogens (tertiary/aromatic N) is 2. The zero-order valence-electron chi connectivity index (χ0n) is 9.44. The fraction of sp³-hybridized carbons (Fsp3) is 0.636. The Labute approximate surface area is 104 Å². The molecular formula is C11H15ClN2OS. The van der Waals surface area contributed by atoms with Gasteiger partial charge in [0.1, 0.15) is 0 Å². The number of aryl methyl sites for hydroxylation is 1. The molecule has 88 valence electrons. The highest BCUT2D eigenvalue weighted by Gasteiger charge is 2.29. The molecule has 3 nitrogen and oxygen atoms in total. The molecule has 0 radical (unpaired) electrons. The highest BCUT2D eigenvalue weighted by Crippen LogP contribution is 2.24. The largest absolute Gasteiger partial charge is 0.340 e. The van der Waals surface area contributed by atoms with Crippen molar-refractivity contribution in [1.29, 1.82) is 0 Å². The van der Waals surface area contributed by atoms with Crippen molar-refractivity contribution in [3.8, 4) is 0 Å². The van der Waals surface area contributed by atoms with E-state index >= 15 is 0 Å². The third-order valence-corrected chi connectivity index (χ3v) is 4.21. The molecule has 1 aliphatic heterocycles. The molecule has 1 aromatic heterocycles. The van der Waals surface area contributed by atoms with E-state index in [1.54, 1.807) is 11.3 Å². The van der Waals surface area contributed by atoms with Crippen molar-refractivity contribution in [2.24, 2.45) is 0 Å². The van der Waals surface area contributed by atoms with Gasteiger partial charge in [-0.2, -0.15) is 0 Å². The van der Waals surface area contributed by atoms with E-state index in [0.717, 1.165) is 17.2 Å². The highest BCUT2D eigenvalue weighted by molar-refractivity contribution is 7.09. The Morgan fingerprint density at radius 1 is 1.75 bits per heavy atom. The molecule has 1 amide bonds. The van der Waals surface area contributed by atoms with Gasteiger partial charge >= 0.3 is 0 Å². The van der Waals surface area contributed by atoms with Crippen molar-refractivity contribution in [1.82, 2.24) is 9.88 Å². The normalized spacial score (nSPS) is 22.8. The Balaban J connectivity index is 1.97. The van der Waals surface area contributed by atoms with E-state index < -0.39 is 0 Å². The number of hydrogen-bond acceptors (Lipinski definition) is 3. The van der Waals surface area contributed by atoms with Gasteiger partial charge in [-0.1, -0.05) is 6.92 Å². The lowest BCUT2D eigenvalue weighted by molar-refractivity contribution is -0.127. The second kappa shape index (κ2) is 4.72. The minimum absolute atomic E-state index is 0.0160. The van der Waals surface area contributed by atoms with Gasteiger partial charge in [0.15, 0.2) is 0 Å². The fourth-order valence-electron chi connectivity index (χ4n) is 1.91. The molecule has 5 heteroatoms. The Morgan fingerprint density at radius 3 is 3.00 bits per heavy atom. The zero-order valence-corrected chi connectivity index (χ0v) is 11.0. The number of rotatable bonds is 3. The molecule has 0 aliphatic carbocycles. The number of amides is 1. The van der Waals surface area contributed by atoms with Crippen LogP contribution in [-0.4, -0.2) is 34.3 Å². The smallest absolute Gasteiger partial charge is 0.224 e. The molecule has 0 spiro atoms. The molecule has 0 saturated carbocycles. The summed E-state index contributed by atoms with van der Waals surface area (Å²) >= 11 is 7.62. The van der Waals surface area contributed by atoms with Gasteiger partial charge in [0.25, 0.3) is 0 Å². The monoisotopic (exact) mass is 258 g/mol. The number of thiazole rings is 1. The third kappa shape index (κ3) is 2.55. The minimum Gasteiger partial charge on any atom is -0.340 e. The summed E-state index contributed by atoms with van der Waals surface area (Å²) in [5.41, 5.74) is 1.05. The molecule has 1 aromatic rings. The average Bonchev–Trinajstić information content (AvgIpc) is 2.74. The van der Waals surface area contributed by atoms with Crippen molar-refractivity contribution in [3.63, 3.8) is 0 Å². The lowest BCUT2D eigenvalue weighted by Crippen LogP contribution is -2.29. The zero-order chi connectivity index (χ0) is 11.7. The number of alkyl halides is 1. The molecule has 1 saturated heterocycles. The van der Waals surface area contributed by atoms with E-state index in [-0.39, 0.29) is 11.3 Å². The summed E-state index contributed by atoms with van der Waals surface area (Å²) in [5.74, 6) is 0.463. The van der Waals surface area contributed by atoms with Crippen LogP contribution in [0.15, 0.2) is 5.38 Å². The van der Waals surface area contributed by atoms with Gasteiger partial charge < -0.3 is 4.90 Å². The van der Waals surface area contributed by atoms with Gasteiger partial charge in [0.2, 0.25) is 5.91 Å².